The molecule has 1 aliphatic carbocycles. The highest BCUT2D eigenvalue weighted by molar-refractivity contribution is 5.96. The maximum atomic E-state index is 13.5. The minimum absolute atomic E-state index is 0.133. The number of hydrogen-bond acceptors (Lipinski definition) is 5. The fourth-order valence-electron chi connectivity index (χ4n) is 4.12. The number of hydrogen-bond donors (Lipinski definition) is 1. The van der Waals surface area contributed by atoms with Gasteiger partial charge in [0, 0.05) is 25.0 Å². The van der Waals surface area contributed by atoms with E-state index >= 15 is 0 Å². The van der Waals surface area contributed by atoms with E-state index in [9.17, 15) is 9.59 Å². The quantitative estimate of drug-likeness (QED) is 0.578. The third-order valence-corrected chi connectivity index (χ3v) is 5.79. The second kappa shape index (κ2) is 10.1. The zero-order valence-corrected chi connectivity index (χ0v) is 18.1. The van der Waals surface area contributed by atoms with Crippen LogP contribution in [0, 0.1) is 0 Å². The molecule has 1 fully saturated rings. The highest BCUT2D eigenvalue weighted by Gasteiger charge is 2.34. The van der Waals surface area contributed by atoms with Crippen molar-refractivity contribution in [1.82, 2.24) is 15.2 Å². The van der Waals surface area contributed by atoms with Crippen molar-refractivity contribution in [3.8, 4) is 5.75 Å². The summed E-state index contributed by atoms with van der Waals surface area (Å²) in [6.07, 6.45) is 8.84. The van der Waals surface area contributed by atoms with Gasteiger partial charge in [-0.1, -0.05) is 25.0 Å². The van der Waals surface area contributed by atoms with Gasteiger partial charge >= 0.3 is 0 Å². The van der Waals surface area contributed by atoms with Gasteiger partial charge in [0.05, 0.1) is 13.4 Å². The molecule has 32 heavy (non-hydrogen) atoms. The molecule has 0 spiro atoms. The molecule has 166 valence electrons. The molecule has 0 radical (unpaired) electrons. The topological polar surface area (TPSA) is 84.7 Å². The predicted octanol–water partition coefficient (Wildman–Crippen LogP) is 4.13. The number of methoxy groups -OCH3 is 1. The van der Waals surface area contributed by atoms with E-state index in [4.69, 9.17) is 9.15 Å². The molecule has 0 bridgehead atoms. The lowest BCUT2D eigenvalue weighted by atomic mass is 10.0. The van der Waals surface area contributed by atoms with Crippen LogP contribution in [0.25, 0.3) is 0 Å². The third kappa shape index (κ3) is 4.99. The van der Waals surface area contributed by atoms with Crippen LogP contribution in [0.4, 0.5) is 0 Å². The summed E-state index contributed by atoms with van der Waals surface area (Å²) in [4.78, 5) is 32.7. The van der Waals surface area contributed by atoms with Gasteiger partial charge in [0.15, 0.2) is 5.76 Å². The molecule has 1 aromatic carbocycles. The Labute approximate surface area is 187 Å². The van der Waals surface area contributed by atoms with Crippen molar-refractivity contribution in [1.29, 1.82) is 0 Å². The Kier molecular flexibility index (Phi) is 6.84. The van der Waals surface area contributed by atoms with Crippen LogP contribution >= 0.6 is 0 Å². The maximum absolute atomic E-state index is 13.5. The Morgan fingerprint density at radius 1 is 1.12 bits per heavy atom. The SMILES string of the molecule is COc1ccc(CN(C(=O)c2ccco2)C(C(=O)NC2CCCC2)c2ccncc2)cc1. The molecule has 2 heterocycles. The van der Waals surface area contributed by atoms with E-state index < -0.39 is 6.04 Å². The van der Waals surface area contributed by atoms with Crippen LogP contribution in [0.2, 0.25) is 0 Å². The fourth-order valence-corrected chi connectivity index (χ4v) is 4.12. The highest BCUT2D eigenvalue weighted by Crippen LogP contribution is 2.28. The van der Waals surface area contributed by atoms with Gasteiger partial charge in [-0.25, -0.2) is 0 Å². The van der Waals surface area contributed by atoms with E-state index in [0.29, 0.717) is 5.56 Å². The Morgan fingerprint density at radius 2 is 1.84 bits per heavy atom. The van der Waals surface area contributed by atoms with E-state index in [-0.39, 0.29) is 30.2 Å². The van der Waals surface area contributed by atoms with Crippen LogP contribution in [0.3, 0.4) is 0 Å². The second-order valence-corrected chi connectivity index (χ2v) is 7.93. The van der Waals surface area contributed by atoms with Gasteiger partial charge in [-0.2, -0.15) is 0 Å². The molecular weight excluding hydrogens is 406 g/mol. The van der Waals surface area contributed by atoms with Gasteiger partial charge in [0.25, 0.3) is 5.91 Å². The van der Waals surface area contributed by atoms with Gasteiger partial charge in [0.2, 0.25) is 5.91 Å². The molecule has 1 N–H and O–H groups in total. The molecule has 1 aliphatic rings. The summed E-state index contributed by atoms with van der Waals surface area (Å²) < 4.78 is 10.6. The lowest BCUT2D eigenvalue weighted by Gasteiger charge is -2.31. The first-order valence-corrected chi connectivity index (χ1v) is 10.8. The van der Waals surface area contributed by atoms with Crippen molar-refractivity contribution in [2.75, 3.05) is 7.11 Å². The third-order valence-electron chi connectivity index (χ3n) is 5.79. The average Bonchev–Trinajstić information content (AvgIpc) is 3.54. The number of benzene rings is 1. The van der Waals surface area contributed by atoms with Gasteiger partial charge in [-0.3, -0.25) is 14.6 Å². The first kappa shape index (κ1) is 21.6. The summed E-state index contributed by atoms with van der Waals surface area (Å²) in [6.45, 7) is 0.231. The number of nitrogens with one attached hydrogen (secondary N) is 1. The molecule has 2 aromatic heterocycles. The molecule has 7 nitrogen and oxygen atoms in total. The van der Waals surface area contributed by atoms with E-state index in [1.165, 1.54) is 6.26 Å². The van der Waals surface area contributed by atoms with Gasteiger partial charge in [-0.15, -0.1) is 0 Å². The van der Waals surface area contributed by atoms with Crippen LogP contribution in [-0.2, 0) is 11.3 Å². The first-order valence-electron chi connectivity index (χ1n) is 10.8. The van der Waals surface area contributed by atoms with Crippen LogP contribution in [0.15, 0.2) is 71.6 Å². The van der Waals surface area contributed by atoms with Crippen molar-refractivity contribution in [3.63, 3.8) is 0 Å². The molecule has 1 saturated carbocycles. The van der Waals surface area contributed by atoms with Crippen LogP contribution in [-0.4, -0.2) is 34.8 Å². The molecule has 1 atom stereocenters. The predicted molar refractivity (Wildman–Crippen MR) is 119 cm³/mol. The molecule has 7 heteroatoms. The van der Waals surface area contributed by atoms with E-state index in [1.807, 2.05) is 24.3 Å². The lowest BCUT2D eigenvalue weighted by Crippen LogP contribution is -2.45. The lowest BCUT2D eigenvalue weighted by molar-refractivity contribution is -0.126. The minimum atomic E-state index is -0.821. The van der Waals surface area contributed by atoms with Gasteiger partial charge in [-0.05, 0) is 60.4 Å². The number of aromatic nitrogens is 1. The van der Waals surface area contributed by atoms with Crippen LogP contribution in [0.5, 0.6) is 5.75 Å². The molecule has 2 amide bonds. The molecule has 1 unspecified atom stereocenters. The first-order chi connectivity index (χ1) is 15.7. The fraction of sp³-hybridized carbons (Fsp3) is 0.320. The minimum Gasteiger partial charge on any atom is -0.497 e. The molecule has 0 aliphatic heterocycles. The Hall–Kier alpha value is -3.61. The summed E-state index contributed by atoms with van der Waals surface area (Å²) in [7, 11) is 1.61. The largest absolute Gasteiger partial charge is 0.497 e. The van der Waals surface area contributed by atoms with E-state index in [1.54, 1.807) is 48.7 Å². The van der Waals surface area contributed by atoms with Gasteiger partial charge in [0.1, 0.15) is 11.8 Å². The Morgan fingerprint density at radius 3 is 2.47 bits per heavy atom. The summed E-state index contributed by atoms with van der Waals surface area (Å²) in [5.41, 5.74) is 1.57. The van der Waals surface area contributed by atoms with Crippen LogP contribution < -0.4 is 10.1 Å². The zero-order valence-electron chi connectivity index (χ0n) is 18.1. The van der Waals surface area contributed by atoms with Crippen molar-refractivity contribution in [3.05, 3.63) is 84.1 Å². The number of furan rings is 1. The van der Waals surface area contributed by atoms with Crippen LogP contribution in [0.1, 0.15) is 53.4 Å². The molecule has 3 aromatic rings. The smallest absolute Gasteiger partial charge is 0.290 e. The number of amides is 2. The van der Waals surface area contributed by atoms with E-state index in [0.717, 1.165) is 37.0 Å². The molecule has 0 saturated heterocycles. The Balaban J connectivity index is 1.70. The molecule has 4 rings (SSSR count). The normalized spacial score (nSPS) is 14.7. The standard InChI is InChI=1S/C25H27N3O4/c1-31-21-10-8-18(9-11-21)17-28(25(30)22-7-4-16-32-22)23(19-12-14-26-15-13-19)24(29)27-20-5-2-3-6-20/h4,7-16,20,23H,2-3,5-6,17H2,1H3,(H,27,29). The summed E-state index contributed by atoms with van der Waals surface area (Å²) >= 11 is 0. The summed E-state index contributed by atoms with van der Waals surface area (Å²) in [5.74, 6) is 0.360. The van der Waals surface area contributed by atoms with Crippen molar-refractivity contribution in [2.45, 2.75) is 44.3 Å². The Bertz CT molecular complexity index is 1010. The number of rotatable bonds is 8. The number of carbonyl (C=O) groups excluding carboxylic acids is 2. The number of pyridine rings is 1. The zero-order chi connectivity index (χ0) is 22.3. The summed E-state index contributed by atoms with van der Waals surface area (Å²) in [5, 5.41) is 3.16. The highest BCUT2D eigenvalue weighted by atomic mass is 16.5. The number of nitrogens with zero attached hydrogens (tertiary/aromatic N) is 2. The number of carbonyl (C=O) groups is 2. The van der Waals surface area contributed by atoms with Gasteiger partial charge < -0.3 is 19.4 Å². The maximum Gasteiger partial charge on any atom is 0.290 e. The van der Waals surface area contributed by atoms with E-state index in [2.05, 4.69) is 10.3 Å². The van der Waals surface area contributed by atoms with Crippen molar-refractivity contribution >= 4 is 11.8 Å². The average molecular weight is 434 g/mol. The molecular formula is C25H27N3O4. The van der Waals surface area contributed by atoms with Crippen molar-refractivity contribution in [2.24, 2.45) is 0 Å². The number of ether oxygens (including phenoxy) is 1. The summed E-state index contributed by atoms with van der Waals surface area (Å²) in [6, 6.07) is 13.6. The second-order valence-electron chi connectivity index (χ2n) is 7.93. The monoisotopic (exact) mass is 433 g/mol. The van der Waals surface area contributed by atoms with Crippen molar-refractivity contribution < 1.29 is 18.7 Å².